The lowest BCUT2D eigenvalue weighted by atomic mass is 9.81. The van der Waals surface area contributed by atoms with E-state index in [0.29, 0.717) is 44.1 Å². The summed E-state index contributed by atoms with van der Waals surface area (Å²) in [7, 11) is 4.59. The lowest BCUT2D eigenvalue weighted by molar-refractivity contribution is -0.302. The molecule has 2 bridgehead atoms. The smallest absolute Gasteiger partial charge is 0.329 e. The van der Waals surface area contributed by atoms with Crippen LogP contribution in [0.1, 0.15) is 92.4 Å². The molecule has 14 unspecified atom stereocenters. The predicted molar refractivity (Wildman–Crippen MR) is 203 cm³/mol. The Morgan fingerprint density at radius 2 is 1.58 bits per heavy atom. The van der Waals surface area contributed by atoms with E-state index >= 15 is 0 Å². The average Bonchev–Trinajstić information content (AvgIpc) is 3.65. The topological polar surface area (TPSA) is 178 Å². The summed E-state index contributed by atoms with van der Waals surface area (Å²) in [6.45, 7) is 13.1. The number of rotatable bonds is 6. The second kappa shape index (κ2) is 19.6. The molecule has 1 saturated carbocycles. The van der Waals surface area contributed by atoms with E-state index in [-0.39, 0.29) is 49.5 Å². The van der Waals surface area contributed by atoms with E-state index in [9.17, 15) is 34.5 Å². The number of carbonyl (C=O) groups excluding carboxylic acids is 4. The van der Waals surface area contributed by atoms with Gasteiger partial charge in [0.15, 0.2) is 0 Å². The van der Waals surface area contributed by atoms with Gasteiger partial charge in [0.2, 0.25) is 5.79 Å². The Hall–Kier alpha value is -2.78. The van der Waals surface area contributed by atoms with Crippen molar-refractivity contribution in [2.24, 2.45) is 29.6 Å². The van der Waals surface area contributed by atoms with Crippen molar-refractivity contribution in [2.45, 2.75) is 147 Å². The van der Waals surface area contributed by atoms with Crippen molar-refractivity contribution in [3.8, 4) is 0 Å². The second-order valence-corrected chi connectivity index (χ2v) is 16.5. The molecule has 55 heavy (non-hydrogen) atoms. The highest BCUT2D eigenvalue weighted by Crippen LogP contribution is 2.39. The summed E-state index contributed by atoms with van der Waals surface area (Å²) in [5.74, 6) is -7.99. The van der Waals surface area contributed by atoms with Crippen molar-refractivity contribution >= 4 is 23.4 Å². The molecule has 0 spiro atoms. The first-order valence-corrected chi connectivity index (χ1v) is 19.9. The Bertz CT molecular complexity index is 1440. The van der Waals surface area contributed by atoms with Gasteiger partial charge in [0.1, 0.15) is 24.0 Å². The van der Waals surface area contributed by atoms with Crippen LogP contribution in [0.2, 0.25) is 0 Å². The van der Waals surface area contributed by atoms with Gasteiger partial charge in [-0.05, 0) is 82.6 Å². The normalized spacial score (nSPS) is 41.8. The number of fused-ring (bicyclic) bond motifs is 3. The molecule has 4 aliphatic rings. The van der Waals surface area contributed by atoms with Gasteiger partial charge in [-0.15, -0.1) is 6.58 Å². The van der Waals surface area contributed by atoms with E-state index in [0.717, 1.165) is 10.5 Å². The molecule has 0 radical (unpaired) electrons. The van der Waals surface area contributed by atoms with Gasteiger partial charge in [0, 0.05) is 46.1 Å². The molecule has 1 amide bonds. The summed E-state index contributed by atoms with van der Waals surface area (Å²) >= 11 is 0. The Kier molecular flexibility index (Phi) is 16.0. The number of cyclic esters (lactones) is 1. The maximum absolute atomic E-state index is 14.1. The molecular weight excluding hydrogens is 710 g/mol. The largest absolute Gasteiger partial charge is 0.456 e. The number of hydrogen-bond acceptors (Lipinski definition) is 12. The van der Waals surface area contributed by atoms with Crippen LogP contribution in [0.3, 0.4) is 0 Å². The first-order chi connectivity index (χ1) is 26.0. The van der Waals surface area contributed by atoms with Gasteiger partial charge < -0.3 is 43.9 Å². The highest BCUT2D eigenvalue weighted by molar-refractivity contribution is 6.39. The minimum atomic E-state index is -2.51. The van der Waals surface area contributed by atoms with E-state index in [1.54, 1.807) is 34.0 Å². The van der Waals surface area contributed by atoms with Crippen LogP contribution in [-0.2, 0) is 42.9 Å². The number of methoxy groups -OCH3 is 3. The molecule has 0 aromatic rings. The van der Waals surface area contributed by atoms with Crippen molar-refractivity contribution in [1.29, 1.82) is 0 Å². The van der Waals surface area contributed by atoms with E-state index in [4.69, 9.17) is 23.7 Å². The van der Waals surface area contributed by atoms with Gasteiger partial charge in [-0.1, -0.05) is 44.6 Å². The van der Waals surface area contributed by atoms with Crippen LogP contribution in [0.4, 0.5) is 0 Å². The quantitative estimate of drug-likeness (QED) is 0.202. The van der Waals surface area contributed by atoms with Crippen molar-refractivity contribution in [2.75, 3.05) is 27.9 Å². The number of amides is 1. The number of Topliss-reactive ketones (excluding diaryl/α,β-unsaturated/α-hetero) is 2. The van der Waals surface area contributed by atoms with Crippen LogP contribution >= 0.6 is 0 Å². The lowest BCUT2D eigenvalue weighted by Gasteiger charge is -2.46. The van der Waals surface area contributed by atoms with Crippen LogP contribution in [0, 0.1) is 29.6 Å². The number of allylic oxidation sites excluding steroid dienone is 4. The number of hydrogen-bond donors (Lipinski definition) is 3. The summed E-state index contributed by atoms with van der Waals surface area (Å²) in [5.41, 5.74) is 1.56. The average molecular weight is 776 g/mol. The number of ketones is 2. The second-order valence-electron chi connectivity index (χ2n) is 16.5. The molecule has 3 aliphatic heterocycles. The summed E-state index contributed by atoms with van der Waals surface area (Å²) in [4.78, 5) is 57.0. The summed E-state index contributed by atoms with van der Waals surface area (Å²) in [6, 6.07) is -1.13. The van der Waals surface area contributed by atoms with Crippen LogP contribution < -0.4 is 0 Å². The van der Waals surface area contributed by atoms with Gasteiger partial charge in [0.25, 0.3) is 11.7 Å². The molecule has 0 aromatic heterocycles. The standard InChI is InChI=1S/C42H65NO12/c1-10-29-17-23(2)16-24(3)18-35(52-8)38-36(53-9)20-26(5)42(50,55-38)39(47)40(48)43-15-11-12-30(43)41(49)54-37(27(6)32(45)22-33(29)46)25(4)19-28-13-14-31(44)34(21-28)51-7/h10,17,19,24,26-32,34-38,44-45,50H,1,11-16,18,20-22H2,2-9H3/b23-17+,25-19+. The number of aliphatic hydroxyl groups is 3. The Labute approximate surface area is 326 Å². The highest BCUT2D eigenvalue weighted by Gasteiger charge is 2.57. The third kappa shape index (κ3) is 10.4. The first kappa shape index (κ1) is 44.9. The van der Waals surface area contributed by atoms with E-state index in [1.807, 2.05) is 26.0 Å². The van der Waals surface area contributed by atoms with Gasteiger partial charge in [-0.3, -0.25) is 14.4 Å². The third-order valence-corrected chi connectivity index (χ3v) is 12.4. The van der Waals surface area contributed by atoms with Crippen molar-refractivity contribution < 1.29 is 58.2 Å². The lowest BCUT2D eigenvalue weighted by Crippen LogP contribution is -2.63. The fourth-order valence-electron chi connectivity index (χ4n) is 9.03. The zero-order valence-electron chi connectivity index (χ0n) is 34.0. The zero-order valence-corrected chi connectivity index (χ0v) is 34.0. The van der Waals surface area contributed by atoms with Gasteiger partial charge in [0.05, 0.1) is 36.4 Å². The molecule has 13 nitrogen and oxygen atoms in total. The number of ether oxygens (including phenoxy) is 5. The van der Waals surface area contributed by atoms with Gasteiger partial charge in [-0.2, -0.15) is 0 Å². The van der Waals surface area contributed by atoms with Crippen LogP contribution in [0.15, 0.2) is 36.0 Å². The van der Waals surface area contributed by atoms with Crippen LogP contribution in [0.5, 0.6) is 0 Å². The highest BCUT2D eigenvalue weighted by atomic mass is 16.7. The minimum absolute atomic E-state index is 0.00278. The number of esters is 1. The van der Waals surface area contributed by atoms with E-state index in [1.165, 1.54) is 14.2 Å². The van der Waals surface area contributed by atoms with E-state index in [2.05, 4.69) is 6.58 Å². The van der Waals surface area contributed by atoms with Crippen LogP contribution in [-0.4, -0.2) is 126 Å². The first-order valence-electron chi connectivity index (χ1n) is 19.9. The van der Waals surface area contributed by atoms with E-state index < -0.39 is 83.9 Å². The van der Waals surface area contributed by atoms with Crippen LogP contribution in [0.25, 0.3) is 0 Å². The Morgan fingerprint density at radius 3 is 2.22 bits per heavy atom. The number of nitrogens with zero attached hydrogens (tertiary/aromatic N) is 1. The monoisotopic (exact) mass is 775 g/mol. The predicted octanol–water partition coefficient (Wildman–Crippen LogP) is 3.86. The van der Waals surface area contributed by atoms with Crippen molar-refractivity contribution in [3.63, 3.8) is 0 Å². The number of aliphatic hydroxyl groups excluding tert-OH is 2. The molecule has 3 N–H and O–H groups in total. The third-order valence-electron chi connectivity index (χ3n) is 12.4. The molecule has 1 aliphatic carbocycles. The van der Waals surface area contributed by atoms with Crippen molar-refractivity contribution in [3.05, 3.63) is 36.0 Å². The molecule has 13 heteroatoms. The maximum atomic E-state index is 14.1. The molecule has 3 fully saturated rings. The van der Waals surface area contributed by atoms with Gasteiger partial charge in [-0.25, -0.2) is 4.79 Å². The molecule has 0 aromatic carbocycles. The fraction of sp³-hybridized carbons (Fsp3) is 0.762. The molecule has 310 valence electrons. The van der Waals surface area contributed by atoms with Crippen molar-refractivity contribution in [1.82, 2.24) is 4.90 Å². The fourth-order valence-corrected chi connectivity index (χ4v) is 9.03. The minimum Gasteiger partial charge on any atom is -0.456 e. The summed E-state index contributed by atoms with van der Waals surface area (Å²) in [5, 5.41) is 33.9. The zero-order chi connectivity index (χ0) is 40.8. The molecule has 4 rings (SSSR count). The Balaban J connectivity index is 1.75. The molecular formula is C42H65NO12. The summed E-state index contributed by atoms with van der Waals surface area (Å²) in [6.07, 6.45) is 3.54. The number of carbonyl (C=O) groups is 4. The molecule has 3 heterocycles. The SMILES string of the molecule is C=CC1/C=C(\C)CC(C)CC(OC)C2OC(O)(C(=O)C(=O)N3CCCC3C(=O)OC(/C(C)=C/C3CCC(O)C(OC)C3)C(C)C(O)CC1=O)C(C)CC2OC. The molecule has 14 atom stereocenters. The molecule has 2 saturated heterocycles. The summed E-state index contributed by atoms with van der Waals surface area (Å²) < 4.78 is 29.5. The van der Waals surface area contributed by atoms with Gasteiger partial charge >= 0.3 is 5.97 Å². The Morgan fingerprint density at radius 1 is 0.927 bits per heavy atom. The maximum Gasteiger partial charge on any atom is 0.329 e.